The molecule has 23 heavy (non-hydrogen) atoms. The molecule has 0 spiro atoms. The van der Waals surface area contributed by atoms with E-state index in [1.165, 1.54) is 0 Å². The van der Waals surface area contributed by atoms with Crippen molar-refractivity contribution in [2.45, 2.75) is 20.4 Å². The minimum absolute atomic E-state index is 0.408. The molecule has 2 aromatic carbocycles. The van der Waals surface area contributed by atoms with Crippen molar-refractivity contribution in [1.29, 1.82) is 0 Å². The minimum atomic E-state index is 0.408. The van der Waals surface area contributed by atoms with E-state index in [4.69, 9.17) is 27.9 Å². The molecule has 0 fully saturated rings. The third-order valence-corrected chi connectivity index (χ3v) is 3.57. The maximum atomic E-state index is 6.24. The van der Waals surface area contributed by atoms with Crippen LogP contribution in [-0.2, 0) is 6.54 Å². The summed E-state index contributed by atoms with van der Waals surface area (Å²) < 4.78 is 5.64. The van der Waals surface area contributed by atoms with Crippen molar-refractivity contribution in [3.05, 3.63) is 63.6 Å². The Labute approximate surface area is 147 Å². The third-order valence-electron chi connectivity index (χ3n) is 3.01. The average molecular weight is 351 g/mol. The fraction of sp³-hybridized carbons (Fsp3) is 0.278. The summed E-state index contributed by atoms with van der Waals surface area (Å²) >= 11 is 12.5. The zero-order valence-electron chi connectivity index (χ0n) is 13.2. The molecule has 0 amide bonds. The van der Waals surface area contributed by atoms with Crippen molar-refractivity contribution < 1.29 is 4.74 Å². The van der Waals surface area contributed by atoms with Crippen molar-refractivity contribution in [3.8, 4) is 5.75 Å². The van der Waals surface area contributed by atoms with E-state index in [1.807, 2.05) is 30.3 Å². The molecular formula is C18H20Cl2N2O. The first-order valence-corrected chi connectivity index (χ1v) is 8.23. The summed E-state index contributed by atoms with van der Waals surface area (Å²) in [5.41, 5.74) is 4.98. The lowest BCUT2D eigenvalue weighted by Crippen LogP contribution is -2.06. The first kappa shape index (κ1) is 17.6. The standard InChI is InChI=1S/C18H20Cl2N2O/c1-13(2)12-23-18-16(19)8-15(9-17(18)20)11-22-21-10-14-6-4-3-5-7-14/h3-9,11,13,21H,10,12H2,1-2H3. The van der Waals surface area contributed by atoms with Gasteiger partial charge in [-0.1, -0.05) is 67.4 Å². The summed E-state index contributed by atoms with van der Waals surface area (Å²) in [6.45, 7) is 5.38. The van der Waals surface area contributed by atoms with Gasteiger partial charge in [0.2, 0.25) is 0 Å². The Morgan fingerprint density at radius 2 is 1.78 bits per heavy atom. The van der Waals surface area contributed by atoms with Gasteiger partial charge in [0, 0.05) is 0 Å². The second kappa shape index (κ2) is 8.80. The van der Waals surface area contributed by atoms with E-state index in [-0.39, 0.29) is 0 Å². The number of ether oxygens (including phenoxy) is 1. The van der Waals surface area contributed by atoms with E-state index < -0.39 is 0 Å². The van der Waals surface area contributed by atoms with Gasteiger partial charge < -0.3 is 10.2 Å². The summed E-state index contributed by atoms with van der Waals surface area (Å²) in [5, 5.41) is 5.17. The lowest BCUT2D eigenvalue weighted by atomic mass is 10.2. The fourth-order valence-electron chi connectivity index (χ4n) is 1.89. The van der Waals surface area contributed by atoms with Gasteiger partial charge in [-0.2, -0.15) is 5.10 Å². The Morgan fingerprint density at radius 1 is 1.13 bits per heavy atom. The smallest absolute Gasteiger partial charge is 0.156 e. The van der Waals surface area contributed by atoms with Crippen LogP contribution in [0.3, 0.4) is 0 Å². The molecule has 0 unspecified atom stereocenters. The molecule has 2 rings (SSSR count). The van der Waals surface area contributed by atoms with Crippen LogP contribution in [0.5, 0.6) is 5.75 Å². The van der Waals surface area contributed by atoms with Crippen molar-refractivity contribution in [3.63, 3.8) is 0 Å². The van der Waals surface area contributed by atoms with Crippen LogP contribution in [-0.4, -0.2) is 12.8 Å². The number of rotatable bonds is 7. The van der Waals surface area contributed by atoms with Crippen LogP contribution in [0.25, 0.3) is 0 Å². The largest absolute Gasteiger partial charge is 0.490 e. The number of hydrazone groups is 1. The highest BCUT2D eigenvalue weighted by molar-refractivity contribution is 6.37. The predicted molar refractivity (Wildman–Crippen MR) is 97.7 cm³/mol. The van der Waals surface area contributed by atoms with Gasteiger partial charge in [-0.15, -0.1) is 0 Å². The molecule has 0 saturated carbocycles. The Hall–Kier alpha value is -1.71. The number of nitrogens with zero attached hydrogens (tertiary/aromatic N) is 1. The molecule has 0 aliphatic heterocycles. The van der Waals surface area contributed by atoms with E-state index in [0.717, 1.165) is 11.1 Å². The number of hydrogen-bond donors (Lipinski definition) is 1. The van der Waals surface area contributed by atoms with Gasteiger partial charge in [-0.05, 0) is 29.2 Å². The summed E-state index contributed by atoms with van der Waals surface area (Å²) in [7, 11) is 0. The van der Waals surface area contributed by atoms with Crippen LogP contribution >= 0.6 is 23.2 Å². The number of halogens is 2. The highest BCUT2D eigenvalue weighted by atomic mass is 35.5. The van der Waals surface area contributed by atoms with E-state index in [1.54, 1.807) is 18.3 Å². The van der Waals surface area contributed by atoms with E-state index in [0.29, 0.717) is 34.9 Å². The van der Waals surface area contributed by atoms with Gasteiger partial charge in [0.25, 0.3) is 0 Å². The van der Waals surface area contributed by atoms with Crippen molar-refractivity contribution in [2.24, 2.45) is 11.0 Å². The minimum Gasteiger partial charge on any atom is -0.490 e. The topological polar surface area (TPSA) is 33.6 Å². The second-order valence-corrected chi connectivity index (χ2v) is 6.41. The van der Waals surface area contributed by atoms with E-state index in [2.05, 4.69) is 24.4 Å². The second-order valence-electron chi connectivity index (χ2n) is 5.60. The van der Waals surface area contributed by atoms with Crippen LogP contribution in [0.15, 0.2) is 47.6 Å². The zero-order chi connectivity index (χ0) is 16.7. The van der Waals surface area contributed by atoms with Gasteiger partial charge in [0.1, 0.15) is 0 Å². The summed E-state index contributed by atoms with van der Waals surface area (Å²) in [6.07, 6.45) is 1.69. The molecule has 0 aliphatic carbocycles. The van der Waals surface area contributed by atoms with Gasteiger partial charge in [0.05, 0.1) is 29.4 Å². The zero-order valence-corrected chi connectivity index (χ0v) is 14.7. The van der Waals surface area contributed by atoms with Gasteiger partial charge in [-0.3, -0.25) is 0 Å². The van der Waals surface area contributed by atoms with E-state index >= 15 is 0 Å². The van der Waals surface area contributed by atoms with Gasteiger partial charge >= 0.3 is 0 Å². The summed E-state index contributed by atoms with van der Waals surface area (Å²) in [4.78, 5) is 0. The normalized spacial score (nSPS) is 11.2. The monoisotopic (exact) mass is 350 g/mol. The molecule has 5 heteroatoms. The third kappa shape index (κ3) is 5.77. The quantitative estimate of drug-likeness (QED) is 0.553. The highest BCUT2D eigenvalue weighted by Gasteiger charge is 2.09. The van der Waals surface area contributed by atoms with Crippen molar-refractivity contribution in [1.82, 2.24) is 5.43 Å². The van der Waals surface area contributed by atoms with E-state index in [9.17, 15) is 0 Å². The lowest BCUT2D eigenvalue weighted by Gasteiger charge is -2.12. The van der Waals surface area contributed by atoms with Crippen molar-refractivity contribution >= 4 is 29.4 Å². The average Bonchev–Trinajstić information content (AvgIpc) is 2.51. The molecular weight excluding hydrogens is 331 g/mol. The summed E-state index contributed by atoms with van der Waals surface area (Å²) in [5.74, 6) is 0.932. The van der Waals surface area contributed by atoms with Crippen LogP contribution in [0.4, 0.5) is 0 Å². The van der Waals surface area contributed by atoms with Crippen LogP contribution in [0.1, 0.15) is 25.0 Å². The SMILES string of the molecule is CC(C)COc1c(Cl)cc(C=NNCc2ccccc2)cc1Cl. The van der Waals surface area contributed by atoms with Crippen LogP contribution in [0.2, 0.25) is 10.0 Å². The molecule has 1 N–H and O–H groups in total. The Balaban J connectivity index is 1.96. The molecule has 0 aliphatic rings. The first-order chi connectivity index (χ1) is 11.1. The molecule has 0 saturated heterocycles. The van der Waals surface area contributed by atoms with Gasteiger partial charge in [-0.25, -0.2) is 0 Å². The first-order valence-electron chi connectivity index (χ1n) is 7.48. The number of benzene rings is 2. The number of nitrogens with one attached hydrogen (secondary N) is 1. The van der Waals surface area contributed by atoms with Gasteiger partial charge in [0.15, 0.2) is 5.75 Å². The predicted octanol–water partition coefficient (Wildman–Crippen LogP) is 5.15. The van der Waals surface area contributed by atoms with Crippen LogP contribution < -0.4 is 10.2 Å². The molecule has 122 valence electrons. The van der Waals surface area contributed by atoms with Crippen molar-refractivity contribution in [2.75, 3.05) is 6.61 Å². The molecule has 0 bridgehead atoms. The molecule has 0 aromatic heterocycles. The molecule has 3 nitrogen and oxygen atoms in total. The fourth-order valence-corrected chi connectivity index (χ4v) is 2.51. The molecule has 2 aromatic rings. The Bertz CT molecular complexity index is 634. The number of hydrogen-bond acceptors (Lipinski definition) is 3. The van der Waals surface area contributed by atoms with Crippen LogP contribution in [0, 0.1) is 5.92 Å². The highest BCUT2D eigenvalue weighted by Crippen LogP contribution is 2.34. The maximum absolute atomic E-state index is 6.24. The Kier molecular flexibility index (Phi) is 6.75. The lowest BCUT2D eigenvalue weighted by molar-refractivity contribution is 0.271. The molecule has 0 radical (unpaired) electrons. The maximum Gasteiger partial charge on any atom is 0.156 e. The molecule has 0 heterocycles. The molecule has 0 atom stereocenters. The summed E-state index contributed by atoms with van der Waals surface area (Å²) in [6, 6.07) is 13.6. The Morgan fingerprint density at radius 3 is 2.39 bits per heavy atom.